The summed E-state index contributed by atoms with van der Waals surface area (Å²) in [6, 6.07) is 16.0. The van der Waals surface area contributed by atoms with Gasteiger partial charge in [0.15, 0.2) is 5.17 Å². The van der Waals surface area contributed by atoms with E-state index < -0.39 is 5.91 Å². The molecule has 1 aliphatic heterocycles. The van der Waals surface area contributed by atoms with E-state index in [0.717, 1.165) is 22.9 Å². The van der Waals surface area contributed by atoms with Crippen LogP contribution in [0.5, 0.6) is 5.75 Å². The van der Waals surface area contributed by atoms with Crippen molar-refractivity contribution in [2.24, 2.45) is 4.99 Å². The van der Waals surface area contributed by atoms with Gasteiger partial charge in [-0.2, -0.15) is 4.99 Å². The molecule has 34 heavy (non-hydrogen) atoms. The summed E-state index contributed by atoms with van der Waals surface area (Å²) in [5.41, 5.74) is 1.93. The summed E-state index contributed by atoms with van der Waals surface area (Å²) < 4.78 is 20.3. The van der Waals surface area contributed by atoms with Crippen molar-refractivity contribution in [3.8, 4) is 5.75 Å². The second kappa shape index (κ2) is 10.9. The Morgan fingerprint density at radius 3 is 2.38 bits per heavy atom. The molecule has 0 aliphatic carbocycles. The van der Waals surface area contributed by atoms with Crippen LogP contribution in [0.4, 0.5) is 4.39 Å². The average Bonchev–Trinajstić information content (AvgIpc) is 3.13. The molecule has 0 radical (unpaired) electrons. The predicted octanol–water partition coefficient (Wildman–Crippen LogP) is 6.98. The number of carbonyl (C=O) groups excluding carboxylic acids is 2. The number of hydrogen-bond acceptors (Lipinski definition) is 4. The van der Waals surface area contributed by atoms with Gasteiger partial charge in [-0.15, -0.1) is 0 Å². The van der Waals surface area contributed by atoms with E-state index >= 15 is 0 Å². The molecule has 1 heterocycles. The van der Waals surface area contributed by atoms with Crippen LogP contribution in [0.25, 0.3) is 6.08 Å². The molecule has 3 aromatic carbocycles. The van der Waals surface area contributed by atoms with Crippen molar-refractivity contribution in [1.29, 1.82) is 0 Å². The van der Waals surface area contributed by atoms with Gasteiger partial charge in [0.2, 0.25) is 0 Å². The molecule has 0 unspecified atom stereocenters. The van der Waals surface area contributed by atoms with Crippen LogP contribution in [0.3, 0.4) is 0 Å². The zero-order valence-corrected chi connectivity index (χ0v) is 21.9. The maximum Gasteiger partial charge on any atom is 0.279 e. The summed E-state index contributed by atoms with van der Waals surface area (Å²) in [5, 5.41) is 3.32. The third kappa shape index (κ3) is 6.15. The number of carbonyl (C=O) groups is 2. The largest absolute Gasteiger partial charge is 0.487 e. The first kappa shape index (κ1) is 24.7. The number of nitrogens with zero attached hydrogens (tertiary/aromatic N) is 1. The molecule has 5 nitrogen and oxygen atoms in total. The molecule has 0 atom stereocenters. The molecule has 0 spiro atoms. The molecule has 1 saturated heterocycles. The molecular formula is C24H14Br2ClFN2O3S. The quantitative estimate of drug-likeness (QED) is 0.311. The molecule has 172 valence electrons. The van der Waals surface area contributed by atoms with Crippen LogP contribution in [-0.2, 0) is 11.4 Å². The van der Waals surface area contributed by atoms with Crippen LogP contribution in [-0.4, -0.2) is 17.0 Å². The smallest absolute Gasteiger partial charge is 0.279 e. The fourth-order valence-electron chi connectivity index (χ4n) is 2.92. The number of rotatable bonds is 5. The molecule has 10 heteroatoms. The van der Waals surface area contributed by atoms with Crippen LogP contribution in [0.1, 0.15) is 21.5 Å². The van der Waals surface area contributed by atoms with E-state index in [1.165, 1.54) is 12.1 Å². The highest BCUT2D eigenvalue weighted by atomic mass is 79.9. The van der Waals surface area contributed by atoms with Crippen molar-refractivity contribution < 1.29 is 18.7 Å². The highest BCUT2D eigenvalue weighted by molar-refractivity contribution is 9.11. The monoisotopic (exact) mass is 622 g/mol. The van der Waals surface area contributed by atoms with E-state index in [4.69, 9.17) is 16.3 Å². The lowest BCUT2D eigenvalue weighted by molar-refractivity contribution is -0.115. The van der Waals surface area contributed by atoms with Crippen LogP contribution in [0, 0.1) is 5.82 Å². The standard InChI is InChI=1S/C24H14Br2ClFN2O3S/c25-18-9-14(10-19(26)21(18)33-12-13-1-7-17(28)8-2-13)11-20-23(32)30-24(34-20)29-22(31)15-3-5-16(27)6-4-15/h1-11H,12H2,(H,29,30,31,32)/b20-11-. The zero-order chi connectivity index (χ0) is 24.2. The molecular weight excluding hydrogens is 611 g/mol. The summed E-state index contributed by atoms with van der Waals surface area (Å²) in [7, 11) is 0. The van der Waals surface area contributed by atoms with Crippen molar-refractivity contribution in [3.05, 3.63) is 102 Å². The van der Waals surface area contributed by atoms with E-state index in [1.807, 2.05) is 0 Å². The van der Waals surface area contributed by atoms with Crippen molar-refractivity contribution in [3.63, 3.8) is 0 Å². The summed E-state index contributed by atoms with van der Waals surface area (Å²) in [5.74, 6) is -0.559. The summed E-state index contributed by atoms with van der Waals surface area (Å²) in [6.07, 6.45) is 1.69. The maximum absolute atomic E-state index is 13.1. The molecule has 4 rings (SSSR count). The van der Waals surface area contributed by atoms with E-state index in [-0.39, 0.29) is 23.5 Å². The van der Waals surface area contributed by atoms with Crippen molar-refractivity contribution in [1.82, 2.24) is 5.32 Å². The van der Waals surface area contributed by atoms with Gasteiger partial charge in [-0.1, -0.05) is 23.7 Å². The molecule has 1 fully saturated rings. The van der Waals surface area contributed by atoms with Gasteiger partial charge in [-0.05, 0) is 109 Å². The Morgan fingerprint density at radius 2 is 1.74 bits per heavy atom. The molecule has 1 aliphatic rings. The Labute approximate surface area is 220 Å². The maximum atomic E-state index is 13.1. The first-order valence-electron chi connectivity index (χ1n) is 9.74. The van der Waals surface area contributed by atoms with Gasteiger partial charge in [0.1, 0.15) is 18.2 Å². The molecule has 1 N–H and O–H groups in total. The number of benzene rings is 3. The Morgan fingerprint density at radius 1 is 1.09 bits per heavy atom. The molecule has 0 bridgehead atoms. The SMILES string of the molecule is O=C1NC(=NC(=O)c2ccc(Cl)cc2)S/C1=C\c1cc(Br)c(OCc2ccc(F)cc2)c(Br)c1. The number of halogens is 4. The van der Waals surface area contributed by atoms with E-state index in [2.05, 4.69) is 42.2 Å². The first-order valence-corrected chi connectivity index (χ1v) is 12.5. The van der Waals surface area contributed by atoms with E-state index in [0.29, 0.717) is 30.2 Å². The summed E-state index contributed by atoms with van der Waals surface area (Å²) in [6.45, 7) is 0.262. The highest BCUT2D eigenvalue weighted by Crippen LogP contribution is 2.37. The van der Waals surface area contributed by atoms with Crippen LogP contribution < -0.4 is 10.1 Å². The second-order valence-corrected chi connectivity index (χ2v) is 10.2. The average molecular weight is 625 g/mol. The number of amides is 2. The molecule has 0 aromatic heterocycles. The lowest BCUT2D eigenvalue weighted by Gasteiger charge is -2.11. The Balaban J connectivity index is 1.47. The van der Waals surface area contributed by atoms with Crippen LogP contribution in [0.15, 0.2) is 79.5 Å². The summed E-state index contributed by atoms with van der Waals surface area (Å²) in [4.78, 5) is 29.1. The number of amidine groups is 1. The first-order chi connectivity index (χ1) is 16.3. The van der Waals surface area contributed by atoms with Gasteiger partial charge < -0.3 is 10.1 Å². The number of aliphatic imine (C=N–C) groups is 1. The zero-order valence-electron chi connectivity index (χ0n) is 17.2. The van der Waals surface area contributed by atoms with Gasteiger partial charge in [0.05, 0.1) is 13.9 Å². The fraction of sp³-hybridized carbons (Fsp3) is 0.0417. The minimum absolute atomic E-state index is 0.202. The van der Waals surface area contributed by atoms with Crippen LogP contribution >= 0.6 is 55.2 Å². The number of ether oxygens (including phenoxy) is 1. The third-order valence-electron chi connectivity index (χ3n) is 4.56. The molecule has 3 aromatic rings. The Hall–Kier alpha value is -2.46. The van der Waals surface area contributed by atoms with Crippen molar-refractivity contribution >= 4 is 78.3 Å². The lowest BCUT2D eigenvalue weighted by Crippen LogP contribution is -2.20. The minimum atomic E-state index is -0.478. The number of hydrogen-bond donors (Lipinski definition) is 1. The number of thioether (sulfide) groups is 1. The lowest BCUT2D eigenvalue weighted by atomic mass is 10.2. The van der Waals surface area contributed by atoms with Crippen molar-refractivity contribution in [2.75, 3.05) is 0 Å². The Kier molecular flexibility index (Phi) is 7.88. The molecule has 0 saturated carbocycles. The van der Waals surface area contributed by atoms with Gasteiger partial charge in [-0.3, -0.25) is 9.59 Å². The number of nitrogens with one attached hydrogen (secondary N) is 1. The van der Waals surface area contributed by atoms with E-state index in [1.54, 1.807) is 54.6 Å². The van der Waals surface area contributed by atoms with Gasteiger partial charge >= 0.3 is 0 Å². The topological polar surface area (TPSA) is 67.8 Å². The van der Waals surface area contributed by atoms with Gasteiger partial charge in [-0.25, -0.2) is 4.39 Å². The molecule has 2 amide bonds. The fourth-order valence-corrected chi connectivity index (χ4v) is 5.31. The second-order valence-electron chi connectivity index (χ2n) is 7.02. The summed E-state index contributed by atoms with van der Waals surface area (Å²) >= 11 is 13.9. The normalized spacial score (nSPS) is 15.6. The van der Waals surface area contributed by atoms with E-state index in [9.17, 15) is 14.0 Å². The van der Waals surface area contributed by atoms with Crippen LogP contribution in [0.2, 0.25) is 5.02 Å². The highest BCUT2D eigenvalue weighted by Gasteiger charge is 2.25. The Bertz CT molecular complexity index is 1310. The minimum Gasteiger partial charge on any atom is -0.487 e. The van der Waals surface area contributed by atoms with Crippen molar-refractivity contribution in [2.45, 2.75) is 6.61 Å². The third-order valence-corrected chi connectivity index (χ3v) is 6.90. The van der Waals surface area contributed by atoms with Gasteiger partial charge in [0, 0.05) is 10.6 Å². The van der Waals surface area contributed by atoms with Gasteiger partial charge in [0.25, 0.3) is 11.8 Å². The predicted molar refractivity (Wildman–Crippen MR) is 140 cm³/mol.